The molecule has 0 bridgehead atoms. The Morgan fingerprint density at radius 1 is 1.23 bits per heavy atom. The van der Waals surface area contributed by atoms with E-state index < -0.39 is 18.0 Å². The summed E-state index contributed by atoms with van der Waals surface area (Å²) in [5.74, 6) is -1.98. The van der Waals surface area contributed by atoms with Gasteiger partial charge >= 0.3 is 6.18 Å². The molecule has 2 heterocycles. The van der Waals surface area contributed by atoms with Gasteiger partial charge in [-0.05, 0) is 38.5 Å². The maximum absolute atomic E-state index is 12.9. The molecule has 2 aliphatic rings. The van der Waals surface area contributed by atoms with Crippen molar-refractivity contribution >= 4 is 11.8 Å². The molecule has 1 atom stereocenters. The molecule has 1 saturated heterocycles. The van der Waals surface area contributed by atoms with E-state index in [1.54, 1.807) is 4.90 Å². The van der Waals surface area contributed by atoms with Gasteiger partial charge in [-0.2, -0.15) is 13.2 Å². The molecule has 1 aliphatic carbocycles. The highest BCUT2D eigenvalue weighted by Gasteiger charge is 2.44. The van der Waals surface area contributed by atoms with Crippen molar-refractivity contribution < 1.29 is 32.2 Å². The van der Waals surface area contributed by atoms with Gasteiger partial charge in [0.2, 0.25) is 5.91 Å². The molecule has 0 radical (unpaired) electrons. The van der Waals surface area contributed by atoms with Crippen LogP contribution in [-0.4, -0.2) is 54.2 Å². The number of pyridine rings is 1. The lowest BCUT2D eigenvalue weighted by molar-refractivity contribution is -0.185. The van der Waals surface area contributed by atoms with Crippen LogP contribution in [0.5, 0.6) is 11.5 Å². The molecule has 166 valence electrons. The molecule has 1 aromatic heterocycles. The molecule has 1 saturated carbocycles. The summed E-state index contributed by atoms with van der Waals surface area (Å²) in [6.45, 7) is 0.684. The minimum Gasteiger partial charge on any atom is -0.495 e. The molecule has 10 heteroatoms. The van der Waals surface area contributed by atoms with Gasteiger partial charge in [0.1, 0.15) is 12.4 Å². The van der Waals surface area contributed by atoms with Gasteiger partial charge in [-0.15, -0.1) is 0 Å². The minimum absolute atomic E-state index is 0.00758. The fourth-order valence-corrected chi connectivity index (χ4v) is 4.22. The van der Waals surface area contributed by atoms with Crippen molar-refractivity contribution in [1.82, 2.24) is 9.88 Å². The predicted molar refractivity (Wildman–Crippen MR) is 101 cm³/mol. The Balaban J connectivity index is 1.62. The number of amides is 2. The standard InChI is InChI=1S/C20H26F3N3O4/c1-29-15-9-16(17(18(24)27)25-10-15)30-11-14-3-2-8-26(14)19(28)12-4-6-13(7-5-12)20(21,22)23/h9-10,12-14H,2-8,11H2,1H3,(H2,24,27)/t12?,13?,14-/m1/s1. The van der Waals surface area contributed by atoms with E-state index in [9.17, 15) is 22.8 Å². The lowest BCUT2D eigenvalue weighted by Crippen LogP contribution is -2.44. The minimum atomic E-state index is -4.19. The Labute approximate surface area is 172 Å². The second kappa shape index (κ2) is 9.09. The van der Waals surface area contributed by atoms with Crippen LogP contribution in [0.15, 0.2) is 12.3 Å². The molecule has 7 nitrogen and oxygen atoms in total. The van der Waals surface area contributed by atoms with Crippen LogP contribution in [0.4, 0.5) is 13.2 Å². The Morgan fingerprint density at radius 3 is 2.53 bits per heavy atom. The van der Waals surface area contributed by atoms with Crippen LogP contribution in [0.25, 0.3) is 0 Å². The average Bonchev–Trinajstić information content (AvgIpc) is 3.19. The number of carbonyl (C=O) groups is 2. The van der Waals surface area contributed by atoms with Gasteiger partial charge in [0.05, 0.1) is 25.3 Å². The summed E-state index contributed by atoms with van der Waals surface area (Å²) in [6.07, 6.45) is -0.851. The van der Waals surface area contributed by atoms with Crippen LogP contribution in [0, 0.1) is 11.8 Å². The zero-order valence-corrected chi connectivity index (χ0v) is 16.8. The van der Waals surface area contributed by atoms with Crippen LogP contribution < -0.4 is 15.2 Å². The second-order valence-corrected chi connectivity index (χ2v) is 7.81. The number of likely N-dealkylation sites (tertiary alicyclic amines) is 1. The highest BCUT2D eigenvalue weighted by molar-refractivity contribution is 5.93. The Kier molecular flexibility index (Phi) is 6.72. The highest BCUT2D eigenvalue weighted by Crippen LogP contribution is 2.40. The van der Waals surface area contributed by atoms with E-state index in [4.69, 9.17) is 15.2 Å². The molecular formula is C20H26F3N3O4. The fourth-order valence-electron chi connectivity index (χ4n) is 4.22. The summed E-state index contributed by atoms with van der Waals surface area (Å²) >= 11 is 0. The number of carbonyl (C=O) groups excluding carboxylic acids is 2. The Morgan fingerprint density at radius 2 is 1.93 bits per heavy atom. The molecule has 3 rings (SSSR count). The first-order valence-corrected chi connectivity index (χ1v) is 10.0. The number of methoxy groups -OCH3 is 1. The molecule has 0 unspecified atom stereocenters. The van der Waals surface area contributed by atoms with Crippen molar-refractivity contribution in [3.63, 3.8) is 0 Å². The molecule has 30 heavy (non-hydrogen) atoms. The van der Waals surface area contributed by atoms with Crippen LogP contribution >= 0.6 is 0 Å². The van der Waals surface area contributed by atoms with E-state index in [2.05, 4.69) is 4.98 Å². The smallest absolute Gasteiger partial charge is 0.391 e. The second-order valence-electron chi connectivity index (χ2n) is 7.81. The number of aromatic nitrogens is 1. The third kappa shape index (κ3) is 4.96. The highest BCUT2D eigenvalue weighted by atomic mass is 19.4. The van der Waals surface area contributed by atoms with Crippen molar-refractivity contribution in [3.8, 4) is 11.5 Å². The number of nitrogens with zero attached hydrogens (tertiary/aromatic N) is 2. The number of hydrogen-bond acceptors (Lipinski definition) is 5. The van der Waals surface area contributed by atoms with Crippen LogP contribution in [0.2, 0.25) is 0 Å². The normalized spacial score (nSPS) is 24.5. The molecule has 2 fully saturated rings. The monoisotopic (exact) mass is 429 g/mol. The lowest BCUT2D eigenvalue weighted by Gasteiger charge is -2.33. The first-order chi connectivity index (χ1) is 14.2. The summed E-state index contributed by atoms with van der Waals surface area (Å²) in [7, 11) is 1.45. The van der Waals surface area contributed by atoms with Crippen LogP contribution in [0.1, 0.15) is 49.0 Å². The van der Waals surface area contributed by atoms with E-state index in [1.807, 2.05) is 0 Å². The third-order valence-corrected chi connectivity index (χ3v) is 5.93. The van der Waals surface area contributed by atoms with Gasteiger partial charge in [-0.25, -0.2) is 4.98 Å². The topological polar surface area (TPSA) is 94.8 Å². The molecule has 2 N–H and O–H groups in total. The number of ether oxygens (including phenoxy) is 2. The van der Waals surface area contributed by atoms with E-state index in [-0.39, 0.29) is 61.6 Å². The largest absolute Gasteiger partial charge is 0.495 e. The maximum atomic E-state index is 12.9. The zero-order valence-electron chi connectivity index (χ0n) is 16.8. The van der Waals surface area contributed by atoms with Crippen molar-refractivity contribution in [2.45, 2.75) is 50.7 Å². The summed E-state index contributed by atoms with van der Waals surface area (Å²) in [5.41, 5.74) is 5.31. The van der Waals surface area contributed by atoms with Gasteiger partial charge in [0.15, 0.2) is 11.4 Å². The summed E-state index contributed by atoms with van der Waals surface area (Å²) in [5, 5.41) is 0. The molecule has 0 spiro atoms. The van der Waals surface area contributed by atoms with E-state index in [1.165, 1.54) is 19.4 Å². The van der Waals surface area contributed by atoms with Crippen molar-refractivity contribution in [1.29, 1.82) is 0 Å². The summed E-state index contributed by atoms with van der Waals surface area (Å²) in [4.78, 5) is 30.2. The first kappa shape index (κ1) is 22.2. The molecule has 0 aromatic carbocycles. The molecule has 2 amide bonds. The number of alkyl halides is 3. The van der Waals surface area contributed by atoms with Crippen molar-refractivity contribution in [3.05, 3.63) is 18.0 Å². The Hall–Kier alpha value is -2.52. The SMILES string of the molecule is COc1cnc(C(N)=O)c(OC[C@H]2CCCN2C(=O)C2CCC(C(F)(F)F)CC2)c1. The number of halogens is 3. The lowest BCUT2D eigenvalue weighted by atomic mass is 9.81. The van der Waals surface area contributed by atoms with E-state index in [0.717, 1.165) is 6.42 Å². The quantitative estimate of drug-likeness (QED) is 0.750. The Bertz CT molecular complexity index is 779. The van der Waals surface area contributed by atoms with Crippen molar-refractivity contribution in [2.75, 3.05) is 20.3 Å². The third-order valence-electron chi connectivity index (χ3n) is 5.93. The van der Waals surface area contributed by atoms with Gasteiger partial charge in [-0.1, -0.05) is 0 Å². The number of hydrogen-bond donors (Lipinski definition) is 1. The van der Waals surface area contributed by atoms with Gasteiger partial charge in [-0.3, -0.25) is 9.59 Å². The van der Waals surface area contributed by atoms with Gasteiger partial charge in [0, 0.05) is 18.5 Å². The van der Waals surface area contributed by atoms with Gasteiger partial charge in [0.25, 0.3) is 5.91 Å². The average molecular weight is 429 g/mol. The molecular weight excluding hydrogens is 403 g/mol. The summed E-state index contributed by atoms with van der Waals surface area (Å²) in [6, 6.07) is 1.29. The number of rotatable bonds is 6. The van der Waals surface area contributed by atoms with Crippen LogP contribution in [0.3, 0.4) is 0 Å². The van der Waals surface area contributed by atoms with E-state index in [0.29, 0.717) is 18.7 Å². The predicted octanol–water partition coefficient (Wildman–Crippen LogP) is 2.93. The number of nitrogens with two attached hydrogens (primary N) is 1. The maximum Gasteiger partial charge on any atom is 0.391 e. The van der Waals surface area contributed by atoms with E-state index >= 15 is 0 Å². The molecule has 1 aromatic rings. The van der Waals surface area contributed by atoms with Crippen LogP contribution in [-0.2, 0) is 4.79 Å². The first-order valence-electron chi connectivity index (χ1n) is 10.0. The molecule has 1 aliphatic heterocycles. The van der Waals surface area contributed by atoms with Gasteiger partial charge < -0.3 is 20.1 Å². The number of primary amides is 1. The van der Waals surface area contributed by atoms with Crippen molar-refractivity contribution in [2.24, 2.45) is 17.6 Å². The summed E-state index contributed by atoms with van der Waals surface area (Å²) < 4.78 is 49.5. The zero-order chi connectivity index (χ0) is 21.9. The fraction of sp³-hybridized carbons (Fsp3) is 0.650.